The summed E-state index contributed by atoms with van der Waals surface area (Å²) in [5.74, 6) is 0.802. The summed E-state index contributed by atoms with van der Waals surface area (Å²) in [5, 5.41) is 14.5. The largest absolute Gasteiger partial charge is 0.496 e. The molecule has 0 amide bonds. The topological polar surface area (TPSA) is 41.5 Å². The molecule has 2 bridgehead atoms. The maximum Gasteiger partial charge on any atom is 0.124 e. The number of fused-ring (bicyclic) bond motifs is 2. The number of piperidine rings is 1. The molecule has 2 saturated heterocycles. The Morgan fingerprint density at radius 3 is 2.53 bits per heavy atom. The number of aliphatic hydroxyl groups is 1. The third-order valence-corrected chi connectivity index (χ3v) is 4.11. The molecule has 3 heteroatoms. The van der Waals surface area contributed by atoms with E-state index in [2.05, 4.69) is 5.32 Å². The van der Waals surface area contributed by atoms with Crippen LogP contribution in [-0.2, 0) is 5.60 Å². The molecule has 0 saturated carbocycles. The van der Waals surface area contributed by atoms with E-state index in [-0.39, 0.29) is 0 Å². The molecule has 92 valence electrons. The minimum Gasteiger partial charge on any atom is -0.496 e. The molecule has 0 radical (unpaired) electrons. The molecular weight excluding hydrogens is 214 g/mol. The van der Waals surface area contributed by atoms with E-state index in [0.29, 0.717) is 12.1 Å². The highest BCUT2D eigenvalue weighted by Gasteiger charge is 2.44. The van der Waals surface area contributed by atoms with E-state index in [9.17, 15) is 5.11 Å². The minimum atomic E-state index is -0.719. The van der Waals surface area contributed by atoms with Gasteiger partial charge in [-0.2, -0.15) is 0 Å². The number of methoxy groups -OCH3 is 1. The summed E-state index contributed by atoms with van der Waals surface area (Å²) in [6.45, 7) is 0. The summed E-state index contributed by atoms with van der Waals surface area (Å²) in [6.07, 6.45) is 3.96. The molecular formula is C14H19NO2. The lowest BCUT2D eigenvalue weighted by molar-refractivity contribution is -0.0132. The molecule has 3 nitrogen and oxygen atoms in total. The molecule has 1 aromatic rings. The molecule has 2 N–H and O–H groups in total. The Morgan fingerprint density at radius 2 is 1.88 bits per heavy atom. The van der Waals surface area contributed by atoms with Crippen LogP contribution in [-0.4, -0.2) is 24.3 Å². The van der Waals surface area contributed by atoms with E-state index >= 15 is 0 Å². The molecule has 0 aliphatic carbocycles. The predicted octanol–water partition coefficient (Wildman–Crippen LogP) is 1.80. The lowest BCUT2D eigenvalue weighted by atomic mass is 9.81. The Hall–Kier alpha value is -1.06. The maximum atomic E-state index is 10.9. The summed E-state index contributed by atoms with van der Waals surface area (Å²) >= 11 is 0. The standard InChI is InChI=1S/C14H19NO2/c1-17-13-5-3-2-4-12(13)14(16)8-10-6-7-11(9-14)15-10/h2-5,10-11,15-16H,6-9H2,1H3. The van der Waals surface area contributed by atoms with Crippen molar-refractivity contribution in [2.75, 3.05) is 7.11 Å². The van der Waals surface area contributed by atoms with Gasteiger partial charge < -0.3 is 15.2 Å². The van der Waals surface area contributed by atoms with Gasteiger partial charge in [0, 0.05) is 17.6 Å². The Bertz CT molecular complexity index is 406. The van der Waals surface area contributed by atoms with Crippen molar-refractivity contribution >= 4 is 0 Å². The molecule has 17 heavy (non-hydrogen) atoms. The van der Waals surface area contributed by atoms with Crippen LogP contribution in [0.3, 0.4) is 0 Å². The Kier molecular flexibility index (Phi) is 2.60. The molecule has 2 unspecified atom stereocenters. The fourth-order valence-electron chi connectivity index (χ4n) is 3.37. The number of ether oxygens (including phenoxy) is 1. The average molecular weight is 233 g/mol. The summed E-state index contributed by atoms with van der Waals surface area (Å²) in [6, 6.07) is 8.76. The number of benzene rings is 1. The van der Waals surface area contributed by atoms with Crippen LogP contribution in [0.5, 0.6) is 5.75 Å². The average Bonchev–Trinajstić information content (AvgIpc) is 2.69. The van der Waals surface area contributed by atoms with Crippen molar-refractivity contribution in [3.8, 4) is 5.75 Å². The molecule has 0 aromatic heterocycles. The van der Waals surface area contributed by atoms with Gasteiger partial charge in [0.05, 0.1) is 12.7 Å². The van der Waals surface area contributed by atoms with Gasteiger partial charge in [-0.1, -0.05) is 18.2 Å². The Balaban J connectivity index is 1.96. The first kappa shape index (κ1) is 11.1. The van der Waals surface area contributed by atoms with Gasteiger partial charge in [0.1, 0.15) is 5.75 Å². The fourth-order valence-corrected chi connectivity index (χ4v) is 3.37. The van der Waals surface area contributed by atoms with Crippen LogP contribution in [0.1, 0.15) is 31.2 Å². The third-order valence-electron chi connectivity index (χ3n) is 4.11. The van der Waals surface area contributed by atoms with Gasteiger partial charge in [0.25, 0.3) is 0 Å². The van der Waals surface area contributed by atoms with Crippen molar-refractivity contribution in [3.05, 3.63) is 29.8 Å². The predicted molar refractivity (Wildman–Crippen MR) is 66.1 cm³/mol. The van der Waals surface area contributed by atoms with Crippen LogP contribution in [0.4, 0.5) is 0 Å². The van der Waals surface area contributed by atoms with Gasteiger partial charge in [0.2, 0.25) is 0 Å². The van der Waals surface area contributed by atoms with Crippen LogP contribution in [0, 0.1) is 0 Å². The van der Waals surface area contributed by atoms with E-state index in [4.69, 9.17) is 4.74 Å². The summed E-state index contributed by atoms with van der Waals surface area (Å²) < 4.78 is 5.37. The molecule has 1 aromatic carbocycles. The second kappa shape index (κ2) is 4.00. The molecule has 3 rings (SSSR count). The first-order valence-corrected chi connectivity index (χ1v) is 6.33. The highest BCUT2D eigenvalue weighted by Crippen LogP contribution is 2.43. The second-order valence-corrected chi connectivity index (χ2v) is 5.28. The van der Waals surface area contributed by atoms with Gasteiger partial charge >= 0.3 is 0 Å². The van der Waals surface area contributed by atoms with Crippen molar-refractivity contribution in [1.82, 2.24) is 5.32 Å². The number of hydrogen-bond donors (Lipinski definition) is 2. The first-order valence-electron chi connectivity index (χ1n) is 6.33. The Morgan fingerprint density at radius 1 is 1.24 bits per heavy atom. The van der Waals surface area contributed by atoms with Crippen molar-refractivity contribution in [3.63, 3.8) is 0 Å². The van der Waals surface area contributed by atoms with E-state index in [1.807, 2.05) is 24.3 Å². The van der Waals surface area contributed by atoms with Crippen LogP contribution in [0.2, 0.25) is 0 Å². The highest BCUT2D eigenvalue weighted by molar-refractivity contribution is 5.39. The zero-order valence-electron chi connectivity index (χ0n) is 10.1. The zero-order chi connectivity index (χ0) is 11.9. The van der Waals surface area contributed by atoms with Crippen molar-refractivity contribution < 1.29 is 9.84 Å². The van der Waals surface area contributed by atoms with Gasteiger partial charge in [-0.15, -0.1) is 0 Å². The quantitative estimate of drug-likeness (QED) is 0.818. The van der Waals surface area contributed by atoms with E-state index in [1.165, 1.54) is 12.8 Å². The van der Waals surface area contributed by atoms with Crippen molar-refractivity contribution in [1.29, 1.82) is 0 Å². The fraction of sp³-hybridized carbons (Fsp3) is 0.571. The molecule has 2 aliphatic heterocycles. The van der Waals surface area contributed by atoms with Crippen molar-refractivity contribution in [2.45, 2.75) is 43.4 Å². The number of nitrogens with one attached hydrogen (secondary N) is 1. The number of rotatable bonds is 2. The van der Waals surface area contributed by atoms with Gasteiger partial charge in [-0.05, 0) is 31.7 Å². The van der Waals surface area contributed by atoms with Gasteiger partial charge in [0.15, 0.2) is 0 Å². The maximum absolute atomic E-state index is 10.9. The summed E-state index contributed by atoms with van der Waals surface area (Å²) in [7, 11) is 1.66. The van der Waals surface area contributed by atoms with Crippen LogP contribution >= 0.6 is 0 Å². The summed E-state index contributed by atoms with van der Waals surface area (Å²) in [4.78, 5) is 0. The smallest absolute Gasteiger partial charge is 0.124 e. The van der Waals surface area contributed by atoms with Crippen molar-refractivity contribution in [2.24, 2.45) is 0 Å². The molecule has 0 spiro atoms. The van der Waals surface area contributed by atoms with Crippen LogP contribution in [0.15, 0.2) is 24.3 Å². The van der Waals surface area contributed by atoms with Crippen LogP contribution in [0.25, 0.3) is 0 Å². The third kappa shape index (κ3) is 1.83. The number of hydrogen-bond acceptors (Lipinski definition) is 3. The van der Waals surface area contributed by atoms with E-state index in [0.717, 1.165) is 24.2 Å². The second-order valence-electron chi connectivity index (χ2n) is 5.28. The van der Waals surface area contributed by atoms with Gasteiger partial charge in [-0.25, -0.2) is 0 Å². The first-order chi connectivity index (χ1) is 8.21. The molecule has 2 fully saturated rings. The molecule has 2 aliphatic rings. The van der Waals surface area contributed by atoms with E-state index < -0.39 is 5.60 Å². The SMILES string of the molecule is COc1ccccc1C1(O)CC2CCC(C1)N2. The Labute approximate surface area is 102 Å². The molecule has 2 atom stereocenters. The highest BCUT2D eigenvalue weighted by atomic mass is 16.5. The lowest BCUT2D eigenvalue weighted by Gasteiger charge is -2.38. The summed E-state index contributed by atoms with van der Waals surface area (Å²) in [5.41, 5.74) is 0.227. The van der Waals surface area contributed by atoms with Crippen LogP contribution < -0.4 is 10.1 Å². The zero-order valence-corrected chi connectivity index (χ0v) is 10.1. The monoisotopic (exact) mass is 233 g/mol. The van der Waals surface area contributed by atoms with E-state index in [1.54, 1.807) is 7.11 Å². The normalized spacial score (nSPS) is 35.9. The minimum absolute atomic E-state index is 0.462. The number of para-hydroxylation sites is 1. The molecule has 2 heterocycles. The van der Waals surface area contributed by atoms with Gasteiger partial charge in [-0.3, -0.25) is 0 Å². The lowest BCUT2D eigenvalue weighted by Crippen LogP contribution is -2.46.